The van der Waals surface area contributed by atoms with Gasteiger partial charge in [0.15, 0.2) is 0 Å². The zero-order valence-corrected chi connectivity index (χ0v) is 10.8. The highest BCUT2D eigenvalue weighted by molar-refractivity contribution is 5.30. The molecule has 1 aromatic rings. The minimum Gasteiger partial charge on any atom is -0.494 e. The second-order valence-corrected chi connectivity index (χ2v) is 3.97. The Bertz CT molecular complexity index is 369. The standard InChI is InChI=1S/C13H18F3NO2/c1-18-9-7-17-6-3-8-19-12-5-2-4-11(10-12)13(14,15)16/h2,4-5,10,17H,3,6-9H2,1H3. The SMILES string of the molecule is COCCNCCCOc1cccc(C(F)(F)F)c1. The van der Waals surface area contributed by atoms with E-state index < -0.39 is 11.7 Å². The molecule has 0 fully saturated rings. The van der Waals surface area contributed by atoms with Crippen molar-refractivity contribution in [2.45, 2.75) is 12.6 Å². The molecule has 1 N–H and O–H groups in total. The Morgan fingerprint density at radius 1 is 1.16 bits per heavy atom. The van der Waals surface area contributed by atoms with E-state index in [4.69, 9.17) is 9.47 Å². The lowest BCUT2D eigenvalue weighted by Gasteiger charge is -2.10. The number of alkyl halides is 3. The van der Waals surface area contributed by atoms with Crippen LogP contribution in [0.15, 0.2) is 24.3 Å². The van der Waals surface area contributed by atoms with Crippen molar-refractivity contribution in [3.8, 4) is 5.75 Å². The second-order valence-electron chi connectivity index (χ2n) is 3.97. The van der Waals surface area contributed by atoms with Gasteiger partial charge in [-0.3, -0.25) is 0 Å². The molecule has 0 aliphatic rings. The number of ether oxygens (including phenoxy) is 2. The molecule has 0 atom stereocenters. The molecule has 0 aliphatic heterocycles. The van der Waals surface area contributed by atoms with Gasteiger partial charge in [-0.25, -0.2) is 0 Å². The van der Waals surface area contributed by atoms with Crippen LogP contribution in [0.5, 0.6) is 5.75 Å². The van der Waals surface area contributed by atoms with Gasteiger partial charge in [0.05, 0.1) is 18.8 Å². The smallest absolute Gasteiger partial charge is 0.416 e. The Kier molecular flexibility index (Phi) is 6.66. The number of rotatable bonds is 8. The molecule has 0 amide bonds. The Morgan fingerprint density at radius 2 is 1.95 bits per heavy atom. The van der Waals surface area contributed by atoms with Crippen LogP contribution in [0, 0.1) is 0 Å². The Hall–Kier alpha value is -1.27. The first-order valence-corrected chi connectivity index (χ1v) is 6.04. The molecule has 108 valence electrons. The van der Waals surface area contributed by atoms with E-state index in [1.807, 2.05) is 0 Å². The minimum atomic E-state index is -4.33. The summed E-state index contributed by atoms with van der Waals surface area (Å²) in [5.74, 6) is 0.242. The molecule has 1 rings (SSSR count). The molecule has 6 heteroatoms. The average Bonchev–Trinajstić information content (AvgIpc) is 2.37. The van der Waals surface area contributed by atoms with Gasteiger partial charge in [0.25, 0.3) is 0 Å². The van der Waals surface area contributed by atoms with Crippen LogP contribution in [0.3, 0.4) is 0 Å². The lowest BCUT2D eigenvalue weighted by atomic mass is 10.2. The molecule has 0 aliphatic carbocycles. The summed E-state index contributed by atoms with van der Waals surface area (Å²) in [7, 11) is 1.62. The van der Waals surface area contributed by atoms with Crippen LogP contribution in [-0.4, -0.2) is 33.4 Å². The zero-order valence-electron chi connectivity index (χ0n) is 10.8. The predicted molar refractivity (Wildman–Crippen MR) is 66.3 cm³/mol. The fourth-order valence-electron chi connectivity index (χ4n) is 1.45. The highest BCUT2D eigenvalue weighted by atomic mass is 19.4. The van der Waals surface area contributed by atoms with Crippen LogP contribution in [0.2, 0.25) is 0 Å². The number of hydrogen-bond acceptors (Lipinski definition) is 3. The summed E-state index contributed by atoms with van der Waals surface area (Å²) in [5, 5.41) is 3.12. The molecule has 1 aromatic carbocycles. The number of hydrogen-bond donors (Lipinski definition) is 1. The summed E-state index contributed by atoms with van der Waals surface area (Å²) in [6.07, 6.45) is -3.61. The van der Waals surface area contributed by atoms with Gasteiger partial charge >= 0.3 is 6.18 Å². The Morgan fingerprint density at radius 3 is 2.63 bits per heavy atom. The topological polar surface area (TPSA) is 30.5 Å². The Balaban J connectivity index is 2.26. The van der Waals surface area contributed by atoms with Crippen LogP contribution >= 0.6 is 0 Å². The average molecular weight is 277 g/mol. The minimum absolute atomic E-state index is 0.242. The molecular weight excluding hydrogens is 259 g/mol. The van der Waals surface area contributed by atoms with Gasteiger partial charge in [-0.2, -0.15) is 13.2 Å². The summed E-state index contributed by atoms with van der Waals surface area (Å²) in [4.78, 5) is 0. The van der Waals surface area contributed by atoms with Crippen molar-refractivity contribution in [2.75, 3.05) is 33.4 Å². The van der Waals surface area contributed by atoms with Gasteiger partial charge in [-0.1, -0.05) is 6.07 Å². The van der Waals surface area contributed by atoms with E-state index >= 15 is 0 Å². The van der Waals surface area contributed by atoms with Crippen molar-refractivity contribution in [1.82, 2.24) is 5.32 Å². The highest BCUT2D eigenvalue weighted by Gasteiger charge is 2.30. The van der Waals surface area contributed by atoms with E-state index in [0.29, 0.717) is 13.2 Å². The predicted octanol–water partition coefficient (Wildman–Crippen LogP) is 2.71. The molecule has 0 spiro atoms. The molecule has 0 radical (unpaired) electrons. The van der Waals surface area contributed by atoms with Crippen molar-refractivity contribution >= 4 is 0 Å². The maximum Gasteiger partial charge on any atom is 0.416 e. The highest BCUT2D eigenvalue weighted by Crippen LogP contribution is 2.31. The third-order valence-corrected chi connectivity index (χ3v) is 2.41. The first-order valence-electron chi connectivity index (χ1n) is 6.04. The van der Waals surface area contributed by atoms with E-state index in [1.165, 1.54) is 12.1 Å². The van der Waals surface area contributed by atoms with E-state index in [1.54, 1.807) is 7.11 Å². The van der Waals surface area contributed by atoms with Gasteiger partial charge in [-0.05, 0) is 31.2 Å². The first-order chi connectivity index (χ1) is 9.04. The maximum atomic E-state index is 12.5. The van der Waals surface area contributed by atoms with Crippen LogP contribution in [0.1, 0.15) is 12.0 Å². The molecule has 0 saturated carbocycles. The van der Waals surface area contributed by atoms with Gasteiger partial charge < -0.3 is 14.8 Å². The molecular formula is C13H18F3NO2. The van der Waals surface area contributed by atoms with Crippen molar-refractivity contribution in [3.05, 3.63) is 29.8 Å². The number of nitrogens with one attached hydrogen (secondary N) is 1. The summed E-state index contributed by atoms with van der Waals surface area (Å²) in [6.45, 7) is 2.50. The van der Waals surface area contributed by atoms with Crippen molar-refractivity contribution in [1.29, 1.82) is 0 Å². The fraction of sp³-hybridized carbons (Fsp3) is 0.538. The lowest BCUT2D eigenvalue weighted by molar-refractivity contribution is -0.137. The van der Waals surface area contributed by atoms with Crippen molar-refractivity contribution in [3.63, 3.8) is 0 Å². The zero-order chi connectivity index (χ0) is 14.1. The van der Waals surface area contributed by atoms with Crippen molar-refractivity contribution < 1.29 is 22.6 Å². The van der Waals surface area contributed by atoms with Crippen LogP contribution in [-0.2, 0) is 10.9 Å². The van der Waals surface area contributed by atoms with Crippen molar-refractivity contribution in [2.24, 2.45) is 0 Å². The van der Waals surface area contributed by atoms with E-state index in [0.717, 1.165) is 31.6 Å². The molecule has 0 bridgehead atoms. The Labute approximate surface area is 110 Å². The third kappa shape index (κ3) is 6.45. The number of methoxy groups -OCH3 is 1. The number of halogens is 3. The molecule has 19 heavy (non-hydrogen) atoms. The maximum absolute atomic E-state index is 12.5. The number of benzene rings is 1. The van der Waals surface area contributed by atoms with Gasteiger partial charge in [0, 0.05) is 13.7 Å². The monoisotopic (exact) mass is 277 g/mol. The van der Waals surface area contributed by atoms with Crippen LogP contribution in [0.25, 0.3) is 0 Å². The van der Waals surface area contributed by atoms with Crippen LogP contribution in [0.4, 0.5) is 13.2 Å². The summed E-state index contributed by atoms with van der Waals surface area (Å²) >= 11 is 0. The quantitative estimate of drug-likeness (QED) is 0.741. The first kappa shape index (κ1) is 15.8. The largest absolute Gasteiger partial charge is 0.494 e. The van der Waals surface area contributed by atoms with Gasteiger partial charge in [-0.15, -0.1) is 0 Å². The molecule has 0 heterocycles. The molecule has 0 unspecified atom stereocenters. The second kappa shape index (κ2) is 8.01. The van der Waals surface area contributed by atoms with Gasteiger partial charge in [0.2, 0.25) is 0 Å². The summed E-state index contributed by atoms with van der Waals surface area (Å²) in [6, 6.07) is 4.90. The van der Waals surface area contributed by atoms with E-state index in [9.17, 15) is 13.2 Å². The summed E-state index contributed by atoms with van der Waals surface area (Å²) in [5.41, 5.74) is -0.691. The van der Waals surface area contributed by atoms with Crippen LogP contribution < -0.4 is 10.1 Å². The lowest BCUT2D eigenvalue weighted by Crippen LogP contribution is -2.21. The fourth-order valence-corrected chi connectivity index (χ4v) is 1.45. The third-order valence-electron chi connectivity index (χ3n) is 2.41. The van der Waals surface area contributed by atoms with E-state index in [2.05, 4.69) is 5.32 Å². The molecule has 3 nitrogen and oxygen atoms in total. The molecule has 0 aromatic heterocycles. The summed E-state index contributed by atoms with van der Waals surface area (Å²) < 4.78 is 47.5. The molecule has 0 saturated heterocycles. The van der Waals surface area contributed by atoms with E-state index in [-0.39, 0.29) is 5.75 Å². The normalized spacial score (nSPS) is 11.6. The van der Waals surface area contributed by atoms with Gasteiger partial charge in [0.1, 0.15) is 5.75 Å².